The van der Waals surface area contributed by atoms with Crippen LogP contribution in [0.5, 0.6) is 0 Å². The summed E-state index contributed by atoms with van der Waals surface area (Å²) in [6.07, 6.45) is 0. The van der Waals surface area contributed by atoms with Crippen LogP contribution in [0, 0.1) is 0 Å². The second-order valence-electron chi connectivity index (χ2n) is 4.63. The Hall–Kier alpha value is -0.720. The quantitative estimate of drug-likeness (QED) is 0.446. The van der Waals surface area contributed by atoms with Crippen LogP contribution in [0.3, 0.4) is 0 Å². The van der Waals surface area contributed by atoms with E-state index < -0.39 is 0 Å². The molecule has 0 aliphatic rings. The smallest absolute Gasteiger partial charge is 0.131 e. The molecule has 2 nitrogen and oxygen atoms in total. The highest BCUT2D eigenvalue weighted by atomic mass is 35.5. The third-order valence-corrected chi connectivity index (χ3v) is 6.86. The van der Waals surface area contributed by atoms with Crippen molar-refractivity contribution < 1.29 is 0 Å². The van der Waals surface area contributed by atoms with Gasteiger partial charge >= 0.3 is 0 Å². The molecule has 0 atom stereocenters. The fourth-order valence-corrected chi connectivity index (χ4v) is 5.35. The van der Waals surface area contributed by atoms with Crippen LogP contribution < -0.4 is 0 Å². The molecule has 0 saturated heterocycles. The summed E-state index contributed by atoms with van der Waals surface area (Å²) in [4.78, 5) is 0. The first-order chi connectivity index (χ1) is 11.2. The third-order valence-electron chi connectivity index (χ3n) is 2.96. The number of hydrogen-bond acceptors (Lipinski definition) is 5. The first kappa shape index (κ1) is 17.1. The molecular formula is C16H12Cl2N2S3. The minimum Gasteiger partial charge on any atom is -0.131 e. The van der Waals surface area contributed by atoms with Crippen LogP contribution in [-0.4, -0.2) is 10.2 Å². The minimum atomic E-state index is 0.652. The summed E-state index contributed by atoms with van der Waals surface area (Å²) in [5, 5.41) is 9.81. The Morgan fingerprint density at radius 2 is 1.57 bits per heavy atom. The zero-order chi connectivity index (χ0) is 16.1. The highest BCUT2D eigenvalue weighted by Crippen LogP contribution is 2.33. The van der Waals surface area contributed by atoms with Crippen LogP contribution in [0.1, 0.15) is 11.1 Å². The van der Waals surface area contributed by atoms with Crippen LogP contribution in [0.15, 0.2) is 57.2 Å². The van der Waals surface area contributed by atoms with E-state index in [0.717, 1.165) is 25.7 Å². The summed E-state index contributed by atoms with van der Waals surface area (Å²) in [6, 6.07) is 15.9. The Kier molecular flexibility index (Phi) is 6.25. The molecule has 0 fully saturated rings. The summed E-state index contributed by atoms with van der Waals surface area (Å²) < 4.78 is 1.94. The van der Waals surface area contributed by atoms with Crippen LogP contribution in [0.4, 0.5) is 0 Å². The van der Waals surface area contributed by atoms with E-state index in [0.29, 0.717) is 10.0 Å². The maximum Gasteiger partial charge on any atom is 0.175 e. The predicted octanol–water partition coefficient (Wildman–Crippen LogP) is 6.43. The SMILES string of the molecule is Clc1ccc(CSc2nnc(SCc3ccccc3)s2)c(Cl)c1. The number of halogens is 2. The Bertz CT molecular complexity index is 778. The van der Waals surface area contributed by atoms with E-state index in [1.807, 2.05) is 30.3 Å². The largest absolute Gasteiger partial charge is 0.175 e. The highest BCUT2D eigenvalue weighted by Gasteiger charge is 2.08. The number of nitrogens with zero attached hydrogens (tertiary/aromatic N) is 2. The Balaban J connectivity index is 1.55. The van der Waals surface area contributed by atoms with Crippen molar-refractivity contribution in [1.29, 1.82) is 0 Å². The molecule has 118 valence electrons. The summed E-state index contributed by atoms with van der Waals surface area (Å²) in [5.41, 5.74) is 2.34. The van der Waals surface area contributed by atoms with Crippen LogP contribution >= 0.6 is 58.1 Å². The van der Waals surface area contributed by atoms with Gasteiger partial charge in [0.2, 0.25) is 0 Å². The maximum atomic E-state index is 6.18. The molecule has 0 unspecified atom stereocenters. The van der Waals surface area contributed by atoms with Gasteiger partial charge in [0.25, 0.3) is 0 Å². The zero-order valence-corrected chi connectivity index (χ0v) is 15.9. The molecule has 0 aliphatic heterocycles. The van der Waals surface area contributed by atoms with Gasteiger partial charge in [0.1, 0.15) is 0 Å². The van der Waals surface area contributed by atoms with Crippen molar-refractivity contribution >= 4 is 58.1 Å². The molecule has 0 bridgehead atoms. The van der Waals surface area contributed by atoms with Gasteiger partial charge in [0.15, 0.2) is 8.68 Å². The van der Waals surface area contributed by atoms with E-state index in [2.05, 4.69) is 22.3 Å². The lowest BCUT2D eigenvalue weighted by Crippen LogP contribution is -1.82. The average Bonchev–Trinajstić information content (AvgIpc) is 3.01. The van der Waals surface area contributed by atoms with Crippen molar-refractivity contribution in [2.24, 2.45) is 0 Å². The summed E-state index contributed by atoms with van der Waals surface area (Å²) in [5.74, 6) is 1.66. The van der Waals surface area contributed by atoms with Crippen molar-refractivity contribution in [1.82, 2.24) is 10.2 Å². The van der Waals surface area contributed by atoms with E-state index in [1.54, 1.807) is 40.9 Å². The van der Waals surface area contributed by atoms with E-state index >= 15 is 0 Å². The van der Waals surface area contributed by atoms with Gasteiger partial charge in [0, 0.05) is 21.6 Å². The monoisotopic (exact) mass is 398 g/mol. The van der Waals surface area contributed by atoms with Crippen molar-refractivity contribution in [3.05, 3.63) is 69.7 Å². The van der Waals surface area contributed by atoms with Gasteiger partial charge < -0.3 is 0 Å². The molecule has 1 aromatic heterocycles. The summed E-state index contributed by atoms with van der Waals surface area (Å²) in [6.45, 7) is 0. The van der Waals surface area contributed by atoms with E-state index in [4.69, 9.17) is 23.2 Å². The molecule has 0 saturated carbocycles. The molecule has 3 aromatic rings. The van der Waals surface area contributed by atoms with Gasteiger partial charge in [-0.3, -0.25) is 0 Å². The predicted molar refractivity (Wildman–Crippen MR) is 102 cm³/mol. The molecule has 7 heteroatoms. The van der Waals surface area contributed by atoms with E-state index in [-0.39, 0.29) is 0 Å². The van der Waals surface area contributed by atoms with Gasteiger partial charge in [-0.05, 0) is 23.3 Å². The number of thioether (sulfide) groups is 2. The topological polar surface area (TPSA) is 25.8 Å². The van der Waals surface area contributed by atoms with Gasteiger partial charge in [-0.1, -0.05) is 94.5 Å². The van der Waals surface area contributed by atoms with Gasteiger partial charge in [0.05, 0.1) is 0 Å². The molecule has 0 radical (unpaired) electrons. The Morgan fingerprint density at radius 3 is 2.26 bits per heavy atom. The Morgan fingerprint density at radius 1 is 0.870 bits per heavy atom. The van der Waals surface area contributed by atoms with E-state index in [1.165, 1.54) is 5.56 Å². The van der Waals surface area contributed by atoms with Gasteiger partial charge in [-0.2, -0.15) is 0 Å². The molecule has 0 spiro atoms. The number of hydrogen-bond donors (Lipinski definition) is 0. The average molecular weight is 399 g/mol. The second-order valence-corrected chi connectivity index (χ2v) is 8.90. The molecule has 2 aromatic carbocycles. The fourth-order valence-electron chi connectivity index (χ4n) is 1.81. The standard InChI is InChI=1S/C16H12Cl2N2S3/c17-13-7-6-12(14(18)8-13)10-22-16-20-19-15(23-16)21-9-11-4-2-1-3-5-11/h1-8H,9-10H2. The zero-order valence-electron chi connectivity index (χ0n) is 11.9. The van der Waals surface area contributed by atoms with Gasteiger partial charge in [-0.15, -0.1) is 10.2 Å². The van der Waals surface area contributed by atoms with Crippen molar-refractivity contribution in [3.8, 4) is 0 Å². The third kappa shape index (κ3) is 5.13. The van der Waals surface area contributed by atoms with Crippen LogP contribution in [-0.2, 0) is 11.5 Å². The summed E-state index contributed by atoms with van der Waals surface area (Å²) in [7, 11) is 0. The van der Waals surface area contributed by atoms with Gasteiger partial charge in [-0.25, -0.2) is 0 Å². The van der Waals surface area contributed by atoms with E-state index in [9.17, 15) is 0 Å². The molecule has 1 heterocycles. The first-order valence-corrected chi connectivity index (χ1v) is 10.3. The normalized spacial score (nSPS) is 10.9. The minimum absolute atomic E-state index is 0.652. The fraction of sp³-hybridized carbons (Fsp3) is 0.125. The van der Waals surface area contributed by atoms with Crippen LogP contribution in [0.25, 0.3) is 0 Å². The lowest BCUT2D eigenvalue weighted by atomic mass is 10.2. The summed E-state index contributed by atoms with van der Waals surface area (Å²) >= 11 is 17.1. The van der Waals surface area contributed by atoms with Crippen molar-refractivity contribution in [2.75, 3.05) is 0 Å². The highest BCUT2D eigenvalue weighted by molar-refractivity contribution is 8.02. The second kappa shape index (κ2) is 8.40. The van der Waals surface area contributed by atoms with Crippen molar-refractivity contribution in [2.45, 2.75) is 20.2 Å². The maximum absolute atomic E-state index is 6.18. The molecule has 0 aliphatic carbocycles. The molecule has 0 amide bonds. The molecule has 23 heavy (non-hydrogen) atoms. The Labute approximate surface area is 157 Å². The lowest BCUT2D eigenvalue weighted by Gasteiger charge is -2.02. The lowest BCUT2D eigenvalue weighted by molar-refractivity contribution is 0.954. The first-order valence-electron chi connectivity index (χ1n) is 6.77. The molecular weight excluding hydrogens is 387 g/mol. The number of benzene rings is 2. The molecule has 3 rings (SSSR count). The van der Waals surface area contributed by atoms with Crippen molar-refractivity contribution in [3.63, 3.8) is 0 Å². The molecule has 0 N–H and O–H groups in total. The number of rotatable bonds is 6. The van der Waals surface area contributed by atoms with Crippen LogP contribution in [0.2, 0.25) is 10.0 Å². The number of aromatic nitrogens is 2.